The number of nitrogens with one attached hydrogen (secondary N) is 2. The highest BCUT2D eigenvalue weighted by Crippen LogP contribution is 2.63. The van der Waals surface area contributed by atoms with Gasteiger partial charge in [0, 0.05) is 131 Å². The van der Waals surface area contributed by atoms with Crippen LogP contribution in [0.3, 0.4) is 0 Å². The highest BCUT2D eigenvalue weighted by molar-refractivity contribution is 7.47. The van der Waals surface area contributed by atoms with Crippen LogP contribution in [0.2, 0.25) is 0 Å². The van der Waals surface area contributed by atoms with Gasteiger partial charge in [-0.2, -0.15) is 0 Å². The molecule has 90 heavy (non-hydrogen) atoms. The van der Waals surface area contributed by atoms with Crippen LogP contribution in [0, 0.1) is 59.2 Å². The van der Waals surface area contributed by atoms with E-state index >= 15 is 0 Å². The molecule has 7 amide bonds. The SMILES string of the molecule is CC1=C2N=C(C=C3N/C(=C(/C)C4=N[C@@](C)(C5N=C1[C@](C)(CCC(=O)NC[C@@H](C)OP(=O)(O)O[C@@H]1[C@@H](CO)OC(n6cnc7cc(C)c(C)cc76)[C@@H]1O)[C@H]5CC(N)=O)[C@@](C)(CC(N)=O)[C@@H]4CCC(N)=O)[C@@](C)(CC(N)=O)[C@@H]3CCC(N)=O)C(C)(C)[C@@H]2CCC(N)=O. The minimum atomic E-state index is -5.07. The lowest BCUT2D eigenvalue weighted by atomic mass is 9.55. The number of primary amides is 6. The summed E-state index contributed by atoms with van der Waals surface area (Å²) < 4.78 is 32.3. The van der Waals surface area contributed by atoms with Crippen LogP contribution in [0.15, 0.2) is 67.8 Å². The van der Waals surface area contributed by atoms with E-state index in [0.29, 0.717) is 56.4 Å². The van der Waals surface area contributed by atoms with Crippen molar-refractivity contribution in [3.8, 4) is 0 Å². The lowest BCUT2D eigenvalue weighted by Crippen LogP contribution is -2.56. The first-order chi connectivity index (χ1) is 41.8. The van der Waals surface area contributed by atoms with Crippen molar-refractivity contribution in [2.24, 2.45) is 94.7 Å². The fraction of sp³-hybridized carbons (Fsp3) is 0.629. The number of benzene rings is 1. The van der Waals surface area contributed by atoms with E-state index in [1.807, 2.05) is 87.4 Å². The number of aliphatic hydroxyl groups excluding tert-OH is 2. The number of hydrogen-bond donors (Lipinski definition) is 11. The van der Waals surface area contributed by atoms with E-state index in [1.165, 1.54) is 13.3 Å². The first kappa shape index (κ1) is 68.9. The van der Waals surface area contributed by atoms with Gasteiger partial charge in [0.25, 0.3) is 0 Å². The predicted molar refractivity (Wildman–Crippen MR) is 334 cm³/mol. The molecule has 0 spiro atoms. The fourth-order valence-corrected chi connectivity index (χ4v) is 16.6. The number of ether oxygens (including phenoxy) is 1. The Balaban J connectivity index is 1.19. The second-order valence-electron chi connectivity index (χ2n) is 27.1. The molecule has 8 bridgehead atoms. The van der Waals surface area contributed by atoms with Gasteiger partial charge in [0.05, 0.1) is 41.7 Å². The number of phosphoric acid groups is 1. The summed E-state index contributed by atoms with van der Waals surface area (Å²) >= 11 is 0. The quantitative estimate of drug-likeness (QED) is 0.0603. The zero-order valence-electron chi connectivity index (χ0n) is 53.3. The van der Waals surface area contributed by atoms with Crippen molar-refractivity contribution in [1.82, 2.24) is 20.2 Å². The number of aryl methyl sites for hydroxylation is 2. The number of fused-ring (bicyclic) bond motifs is 7. The third-order valence-electron chi connectivity index (χ3n) is 20.6. The summed E-state index contributed by atoms with van der Waals surface area (Å²) in [7, 11) is -5.07. The predicted octanol–water partition coefficient (Wildman–Crippen LogP) is 3.16. The third-order valence-corrected chi connectivity index (χ3v) is 21.7. The van der Waals surface area contributed by atoms with Crippen LogP contribution in [-0.4, -0.2) is 132 Å². The van der Waals surface area contributed by atoms with E-state index in [-0.39, 0.29) is 77.2 Å². The molecule has 17 N–H and O–H groups in total. The molecule has 0 radical (unpaired) electrons. The van der Waals surface area contributed by atoms with Gasteiger partial charge >= 0.3 is 7.82 Å². The van der Waals surface area contributed by atoms with Crippen molar-refractivity contribution in [3.63, 3.8) is 0 Å². The third kappa shape index (κ3) is 13.0. The second-order valence-corrected chi connectivity index (χ2v) is 28.4. The molecule has 27 nitrogen and oxygen atoms in total. The molecule has 2 saturated heterocycles. The number of aromatic nitrogens is 2. The number of nitrogens with two attached hydrogens (primary N) is 6. The van der Waals surface area contributed by atoms with Gasteiger partial charge in [0.2, 0.25) is 41.4 Å². The summed E-state index contributed by atoms with van der Waals surface area (Å²) in [6, 6.07) is 2.70. The van der Waals surface area contributed by atoms with Crippen LogP contribution in [0.25, 0.3) is 11.0 Å². The van der Waals surface area contributed by atoms with Crippen LogP contribution in [0.1, 0.15) is 150 Å². The Morgan fingerprint density at radius 1 is 0.800 bits per heavy atom. The summed E-state index contributed by atoms with van der Waals surface area (Å²) in [6.07, 6.45) is -4.26. The maximum atomic E-state index is 14.4. The fourth-order valence-electron chi connectivity index (χ4n) is 15.4. The lowest BCUT2D eigenvalue weighted by Gasteiger charge is -2.48. The molecular formula is C62H90N13O14P. The molecule has 15 atom stereocenters. The molecule has 2 aromatic rings. The normalized spacial score (nSPS) is 32.8. The number of nitrogens with zero attached hydrogens (tertiary/aromatic N) is 5. The molecule has 2 fully saturated rings. The maximum Gasteiger partial charge on any atom is 0.472 e. The van der Waals surface area contributed by atoms with Gasteiger partial charge in [-0.15, -0.1) is 0 Å². The van der Waals surface area contributed by atoms with Gasteiger partial charge in [-0.3, -0.25) is 57.6 Å². The summed E-state index contributed by atoms with van der Waals surface area (Å²) in [5, 5.41) is 28.2. The topological polar surface area (TPSA) is 460 Å². The van der Waals surface area contributed by atoms with E-state index in [9.17, 15) is 53.2 Å². The van der Waals surface area contributed by atoms with Crippen molar-refractivity contribution >= 4 is 77.3 Å². The molecular weight excluding hydrogens is 1180 g/mol. The number of rotatable bonds is 26. The highest BCUT2D eigenvalue weighted by atomic mass is 31.2. The number of imidazole rings is 1. The van der Waals surface area contributed by atoms with E-state index in [4.69, 9.17) is 63.2 Å². The minimum absolute atomic E-state index is 0.0114. The van der Waals surface area contributed by atoms with Crippen LogP contribution >= 0.6 is 7.82 Å². The zero-order chi connectivity index (χ0) is 66.7. The van der Waals surface area contributed by atoms with Crippen molar-refractivity contribution in [2.75, 3.05) is 13.2 Å². The molecule has 492 valence electrons. The Labute approximate surface area is 523 Å². The molecule has 1 aromatic carbocycles. The van der Waals surface area contributed by atoms with Crippen LogP contribution in [0.4, 0.5) is 0 Å². The molecule has 0 aliphatic carbocycles. The number of amides is 7. The highest BCUT2D eigenvalue weighted by Gasteiger charge is 2.66. The average molecular weight is 1270 g/mol. The maximum absolute atomic E-state index is 14.4. The monoisotopic (exact) mass is 1270 g/mol. The minimum Gasteiger partial charge on any atom is -0.394 e. The van der Waals surface area contributed by atoms with Crippen LogP contribution in [0.5, 0.6) is 0 Å². The van der Waals surface area contributed by atoms with Crippen molar-refractivity contribution < 1.29 is 67.0 Å². The Kier molecular flexibility index (Phi) is 19.6. The number of carbonyl (C=O) groups is 7. The molecule has 0 saturated carbocycles. The number of aliphatic hydroxyl groups is 2. The first-order valence-corrected chi connectivity index (χ1v) is 32.1. The Morgan fingerprint density at radius 2 is 1.40 bits per heavy atom. The van der Waals surface area contributed by atoms with Crippen molar-refractivity contribution in [2.45, 2.75) is 189 Å². The van der Waals surface area contributed by atoms with Crippen molar-refractivity contribution in [3.05, 3.63) is 63.9 Å². The summed E-state index contributed by atoms with van der Waals surface area (Å²) in [6.45, 7) is 19.3. The van der Waals surface area contributed by atoms with Gasteiger partial charge in [0.15, 0.2) is 6.23 Å². The molecule has 7 heterocycles. The average Bonchev–Trinajstić information content (AvgIpc) is 1.53. The Hall–Kier alpha value is -7.00. The van der Waals surface area contributed by atoms with Crippen molar-refractivity contribution in [1.29, 1.82) is 0 Å². The molecule has 28 heteroatoms. The van der Waals surface area contributed by atoms with E-state index in [2.05, 4.69) is 15.6 Å². The Morgan fingerprint density at radius 3 is 1.99 bits per heavy atom. The molecule has 6 aliphatic rings. The summed E-state index contributed by atoms with van der Waals surface area (Å²) in [5.41, 5.74) is 37.4. The zero-order valence-corrected chi connectivity index (χ0v) is 54.1. The van der Waals surface area contributed by atoms with Gasteiger partial charge < -0.3 is 69.4 Å². The summed E-state index contributed by atoms with van der Waals surface area (Å²) in [5.74, 6) is -7.18. The lowest BCUT2D eigenvalue weighted by molar-refractivity contribution is -0.124. The number of allylic oxidation sites excluding steroid dienone is 6. The van der Waals surface area contributed by atoms with Gasteiger partial charge in [-0.1, -0.05) is 34.6 Å². The standard InChI is InChI=1S/C62H90N13O14P/c1-29-20-39-40(21-30(29)2)75(28-70-39)57-52(84)53(41(27-76)87-57)89-90(85,86)88-31(3)26-69-49(83)18-19-59(8)37(22-46(66)80)56-62(11)61(10,25-48(68)82)36(14-17-45(65)79)51(74-62)33(5)55-60(9,24-47(67)81)34(12-15-43(63)77)38(71-55)23-42-58(6,7)35(13-16-44(64)78)50(72-42)32(4)54(59)73-56/h20-21,23,28,31,34-37,41,52-53,56-57,71,76,84H,12-19,22,24-27H2,1-11H3,(H2,63,77)(H2,64,78)(H2,65,79)(H2,66,80)(H2,67,81)(H2,68,82)(H,69,83)(H,85,86)/b38-23?,50-32?,55-33-/t31-,34-,35-,36-,37+,41-,52-,53-,56?,57?,59-,60+,61+,62+/m1/s1. The van der Waals surface area contributed by atoms with Gasteiger partial charge in [-0.05, 0) is 108 Å². The summed E-state index contributed by atoms with van der Waals surface area (Å²) in [4.78, 5) is 126. The largest absolute Gasteiger partial charge is 0.472 e. The molecule has 8 rings (SSSR count). The van der Waals surface area contributed by atoms with Crippen LogP contribution in [-0.2, 0) is 51.9 Å². The number of hydrogen-bond acceptors (Lipinski definition) is 18. The van der Waals surface area contributed by atoms with Gasteiger partial charge in [-0.25, -0.2) is 9.55 Å². The first-order valence-electron chi connectivity index (χ1n) is 30.6. The van der Waals surface area contributed by atoms with Crippen LogP contribution < -0.4 is 45.0 Å². The molecule has 3 unspecified atom stereocenters. The second kappa shape index (κ2) is 25.6. The van der Waals surface area contributed by atoms with E-state index in [0.717, 1.165) is 11.1 Å². The number of phosphoric ester groups is 1. The van der Waals surface area contributed by atoms with E-state index < -0.39 is 143 Å². The smallest absolute Gasteiger partial charge is 0.394 e. The van der Waals surface area contributed by atoms with Gasteiger partial charge in [0.1, 0.15) is 18.3 Å². The molecule has 1 aromatic heterocycles. The Bertz CT molecular complexity index is 3540. The number of carbonyl (C=O) groups excluding carboxylic acids is 7. The number of aliphatic imine (C=N–C) groups is 3. The van der Waals surface area contributed by atoms with E-state index in [1.54, 1.807) is 4.57 Å². The molecule has 6 aliphatic heterocycles.